The van der Waals surface area contributed by atoms with Crippen LogP contribution in [0.4, 0.5) is 5.69 Å². The van der Waals surface area contributed by atoms with Gasteiger partial charge in [-0.3, -0.25) is 9.59 Å². The van der Waals surface area contributed by atoms with Gasteiger partial charge < -0.3 is 15.0 Å². The van der Waals surface area contributed by atoms with Gasteiger partial charge in [0.15, 0.2) is 0 Å². The molecule has 0 bridgehead atoms. The van der Waals surface area contributed by atoms with E-state index in [0.717, 1.165) is 12.8 Å². The summed E-state index contributed by atoms with van der Waals surface area (Å²) in [4.78, 5) is 37.6. The Kier molecular flexibility index (Phi) is 8.21. The van der Waals surface area contributed by atoms with Crippen molar-refractivity contribution in [2.45, 2.75) is 26.2 Å². The third kappa shape index (κ3) is 6.54. The van der Waals surface area contributed by atoms with Crippen molar-refractivity contribution in [2.75, 3.05) is 25.5 Å². The first kappa shape index (κ1) is 21.2. The maximum Gasteiger partial charge on any atom is 0.339 e. The number of hydrogen-bond donors (Lipinski definition) is 1. The molecule has 148 valence electrons. The number of nitrogens with one attached hydrogen (secondary N) is 1. The number of amides is 2. The summed E-state index contributed by atoms with van der Waals surface area (Å²) in [5.41, 5.74) is 1.92. The van der Waals surface area contributed by atoms with Gasteiger partial charge in [-0.2, -0.15) is 0 Å². The lowest BCUT2D eigenvalue weighted by atomic mass is 10.1. The molecule has 2 aromatic rings. The largest absolute Gasteiger partial charge is 0.465 e. The predicted octanol–water partition coefficient (Wildman–Crippen LogP) is 3.28. The van der Waals surface area contributed by atoms with E-state index < -0.39 is 5.97 Å². The molecule has 0 saturated carbocycles. The number of para-hydroxylation sites is 1. The number of benzene rings is 2. The fourth-order valence-corrected chi connectivity index (χ4v) is 2.87. The molecule has 0 aromatic heterocycles. The first-order valence-electron chi connectivity index (χ1n) is 9.28. The van der Waals surface area contributed by atoms with Gasteiger partial charge in [0.1, 0.15) is 0 Å². The summed E-state index contributed by atoms with van der Waals surface area (Å²) < 4.78 is 4.73. The van der Waals surface area contributed by atoms with Crippen molar-refractivity contribution >= 4 is 23.5 Å². The zero-order chi connectivity index (χ0) is 20.4. The molecule has 2 amide bonds. The van der Waals surface area contributed by atoms with Crippen LogP contribution in [-0.4, -0.2) is 42.9 Å². The van der Waals surface area contributed by atoms with Crippen LogP contribution in [0.3, 0.4) is 0 Å². The Morgan fingerprint density at radius 3 is 2.32 bits per heavy atom. The molecule has 28 heavy (non-hydrogen) atoms. The second-order valence-corrected chi connectivity index (χ2v) is 6.43. The summed E-state index contributed by atoms with van der Waals surface area (Å²) in [5, 5.41) is 2.72. The number of rotatable bonds is 9. The Bertz CT molecular complexity index is 805. The highest BCUT2D eigenvalue weighted by Crippen LogP contribution is 2.16. The maximum atomic E-state index is 12.3. The van der Waals surface area contributed by atoms with Crippen molar-refractivity contribution < 1.29 is 19.1 Å². The van der Waals surface area contributed by atoms with Gasteiger partial charge in [-0.1, -0.05) is 42.5 Å². The molecule has 0 atom stereocenters. The zero-order valence-corrected chi connectivity index (χ0v) is 16.3. The third-order valence-electron chi connectivity index (χ3n) is 4.40. The molecule has 0 aliphatic carbocycles. The van der Waals surface area contributed by atoms with Gasteiger partial charge >= 0.3 is 5.97 Å². The highest BCUT2D eigenvalue weighted by molar-refractivity contribution is 6.01. The number of aryl methyl sites for hydroxylation is 1. The Labute approximate surface area is 165 Å². The molecule has 0 saturated heterocycles. The van der Waals surface area contributed by atoms with Crippen LogP contribution in [0.15, 0.2) is 54.6 Å². The molecule has 0 fully saturated rings. The van der Waals surface area contributed by atoms with Crippen molar-refractivity contribution in [3.8, 4) is 0 Å². The van der Waals surface area contributed by atoms with Crippen LogP contribution >= 0.6 is 0 Å². The van der Waals surface area contributed by atoms with Gasteiger partial charge in [0, 0.05) is 26.4 Å². The van der Waals surface area contributed by atoms with E-state index in [0.29, 0.717) is 24.3 Å². The highest BCUT2D eigenvalue weighted by Gasteiger charge is 2.15. The molecular weight excluding hydrogens is 356 g/mol. The Hall–Kier alpha value is -3.15. The van der Waals surface area contributed by atoms with E-state index >= 15 is 0 Å². The highest BCUT2D eigenvalue weighted by atomic mass is 16.5. The number of carbonyl (C=O) groups is 3. The summed E-state index contributed by atoms with van der Waals surface area (Å²) in [5.74, 6) is -0.830. The average Bonchev–Trinajstić information content (AvgIpc) is 2.70. The Balaban J connectivity index is 1.85. The molecule has 0 unspecified atom stereocenters. The van der Waals surface area contributed by atoms with Gasteiger partial charge in [0.25, 0.3) is 0 Å². The third-order valence-corrected chi connectivity index (χ3v) is 4.40. The number of hydrogen-bond acceptors (Lipinski definition) is 4. The molecule has 0 aliphatic heterocycles. The average molecular weight is 382 g/mol. The van der Waals surface area contributed by atoms with Crippen LogP contribution < -0.4 is 5.32 Å². The van der Waals surface area contributed by atoms with Gasteiger partial charge in [0.05, 0.1) is 18.4 Å². The quantitative estimate of drug-likeness (QED) is 0.675. The van der Waals surface area contributed by atoms with E-state index in [-0.39, 0.29) is 18.2 Å². The fraction of sp³-hybridized carbons (Fsp3) is 0.318. The summed E-state index contributed by atoms with van der Waals surface area (Å²) in [6.45, 7) is 2.43. The second-order valence-electron chi connectivity index (χ2n) is 6.43. The van der Waals surface area contributed by atoms with Gasteiger partial charge in [-0.25, -0.2) is 4.79 Å². The first-order chi connectivity index (χ1) is 13.5. The van der Waals surface area contributed by atoms with E-state index in [1.807, 2.05) is 18.2 Å². The first-order valence-corrected chi connectivity index (χ1v) is 9.28. The van der Waals surface area contributed by atoms with Crippen LogP contribution in [0.5, 0.6) is 0 Å². The van der Waals surface area contributed by atoms with Crippen molar-refractivity contribution in [1.29, 1.82) is 0 Å². The van der Waals surface area contributed by atoms with Crippen LogP contribution in [0.25, 0.3) is 0 Å². The SMILES string of the molecule is COC(=O)c1ccccc1NC(=O)CCN(CCCc1ccccc1)C(C)=O. The van der Waals surface area contributed by atoms with Gasteiger partial charge in [0.2, 0.25) is 11.8 Å². The number of carbonyl (C=O) groups excluding carboxylic acids is 3. The minimum atomic E-state index is -0.512. The van der Waals surface area contributed by atoms with Crippen LogP contribution in [0.2, 0.25) is 0 Å². The van der Waals surface area contributed by atoms with E-state index in [1.54, 1.807) is 29.2 Å². The van der Waals surface area contributed by atoms with Gasteiger partial charge in [-0.05, 0) is 30.5 Å². The maximum absolute atomic E-state index is 12.3. The van der Waals surface area contributed by atoms with Gasteiger partial charge in [-0.15, -0.1) is 0 Å². The summed E-state index contributed by atoms with van der Waals surface area (Å²) in [7, 11) is 1.29. The molecule has 2 aromatic carbocycles. The fourth-order valence-electron chi connectivity index (χ4n) is 2.87. The van der Waals surface area contributed by atoms with E-state index in [1.165, 1.54) is 19.6 Å². The number of methoxy groups -OCH3 is 1. The van der Waals surface area contributed by atoms with Crippen LogP contribution in [0, 0.1) is 0 Å². The number of ether oxygens (including phenoxy) is 1. The summed E-state index contributed by atoms with van der Waals surface area (Å²) in [6, 6.07) is 16.7. The molecule has 0 aliphatic rings. The standard InChI is InChI=1S/C22H26N2O4/c1-17(25)24(15-8-11-18-9-4-3-5-10-18)16-14-21(26)23-20-13-7-6-12-19(20)22(27)28-2/h3-7,9-10,12-13H,8,11,14-16H2,1-2H3,(H,23,26). The molecule has 6 nitrogen and oxygen atoms in total. The van der Waals surface area contributed by atoms with Crippen LogP contribution in [0.1, 0.15) is 35.7 Å². The lowest BCUT2D eigenvalue weighted by Gasteiger charge is -2.21. The number of anilines is 1. The molecular formula is C22H26N2O4. The van der Waals surface area contributed by atoms with Crippen molar-refractivity contribution in [1.82, 2.24) is 4.90 Å². The van der Waals surface area contributed by atoms with Crippen molar-refractivity contribution in [3.63, 3.8) is 0 Å². The smallest absolute Gasteiger partial charge is 0.339 e. The molecule has 1 N–H and O–H groups in total. The predicted molar refractivity (Wildman–Crippen MR) is 108 cm³/mol. The van der Waals surface area contributed by atoms with E-state index in [4.69, 9.17) is 4.74 Å². The zero-order valence-electron chi connectivity index (χ0n) is 16.3. The summed E-state index contributed by atoms with van der Waals surface area (Å²) >= 11 is 0. The molecule has 0 radical (unpaired) electrons. The van der Waals surface area contributed by atoms with Crippen molar-refractivity contribution in [2.24, 2.45) is 0 Å². The monoisotopic (exact) mass is 382 g/mol. The molecule has 0 heterocycles. The Morgan fingerprint density at radius 1 is 0.964 bits per heavy atom. The van der Waals surface area contributed by atoms with E-state index in [9.17, 15) is 14.4 Å². The molecule has 6 heteroatoms. The molecule has 0 spiro atoms. The van der Waals surface area contributed by atoms with E-state index in [2.05, 4.69) is 17.4 Å². The molecule has 2 rings (SSSR count). The topological polar surface area (TPSA) is 75.7 Å². The van der Waals surface area contributed by atoms with Crippen molar-refractivity contribution in [3.05, 3.63) is 65.7 Å². The van der Waals surface area contributed by atoms with Crippen LogP contribution in [-0.2, 0) is 20.7 Å². The Morgan fingerprint density at radius 2 is 1.64 bits per heavy atom. The summed E-state index contributed by atoms with van der Waals surface area (Å²) in [6.07, 6.45) is 1.86. The minimum absolute atomic E-state index is 0.0594. The minimum Gasteiger partial charge on any atom is -0.465 e. The lowest BCUT2D eigenvalue weighted by Crippen LogP contribution is -2.33. The number of nitrogens with zero attached hydrogens (tertiary/aromatic N) is 1. The lowest BCUT2D eigenvalue weighted by molar-refractivity contribution is -0.129. The number of esters is 1. The normalized spacial score (nSPS) is 10.2. The second kappa shape index (κ2) is 10.9.